The fourth-order valence-electron chi connectivity index (χ4n) is 4.51. The number of aliphatic hydroxyl groups excluding tert-OH is 1. The largest absolute Gasteiger partial charge is 0.461 e. The molecule has 6 nitrogen and oxygen atoms in total. The Bertz CT molecular complexity index is 884. The minimum absolute atomic E-state index is 0.0254. The van der Waals surface area contributed by atoms with E-state index in [9.17, 15) is 9.90 Å². The molecule has 0 aliphatic heterocycles. The molecule has 4 rings (SSSR count). The number of ketones is 1. The van der Waals surface area contributed by atoms with Crippen LogP contribution in [0.2, 0.25) is 0 Å². The quantitative estimate of drug-likeness (QED) is 0.743. The first kappa shape index (κ1) is 19.8. The van der Waals surface area contributed by atoms with Crippen LogP contribution in [0.1, 0.15) is 73.1 Å². The molecule has 2 unspecified atom stereocenters. The number of hydrogen-bond acceptors (Lipinski definition) is 5. The van der Waals surface area contributed by atoms with Crippen molar-refractivity contribution >= 4 is 11.5 Å². The molecule has 0 bridgehead atoms. The van der Waals surface area contributed by atoms with Crippen molar-refractivity contribution in [2.45, 2.75) is 64.0 Å². The van der Waals surface area contributed by atoms with E-state index in [0.717, 1.165) is 31.2 Å². The predicted molar refractivity (Wildman–Crippen MR) is 111 cm³/mol. The highest BCUT2D eigenvalue weighted by atomic mass is 16.5. The van der Waals surface area contributed by atoms with Crippen LogP contribution in [-0.2, 0) is 6.54 Å². The summed E-state index contributed by atoms with van der Waals surface area (Å²) in [5.41, 5.74) is 2.71. The molecule has 1 heterocycles. The van der Waals surface area contributed by atoms with Gasteiger partial charge in [0.05, 0.1) is 18.2 Å². The van der Waals surface area contributed by atoms with Crippen LogP contribution < -0.4 is 4.74 Å². The molecule has 1 fully saturated rings. The number of fused-ring (bicyclic) bond motifs is 1. The summed E-state index contributed by atoms with van der Waals surface area (Å²) in [7, 11) is 0. The van der Waals surface area contributed by atoms with Gasteiger partial charge in [0.25, 0.3) is 6.01 Å². The first-order chi connectivity index (χ1) is 14.1. The Morgan fingerprint density at radius 1 is 1.24 bits per heavy atom. The van der Waals surface area contributed by atoms with Crippen molar-refractivity contribution in [2.24, 2.45) is 5.92 Å². The van der Waals surface area contributed by atoms with Gasteiger partial charge in [0.15, 0.2) is 5.78 Å². The van der Waals surface area contributed by atoms with Crippen LogP contribution in [-0.4, -0.2) is 38.9 Å². The number of ether oxygens (including phenoxy) is 1. The number of Topliss-reactive ketones (excluding diaryl/α,β-unsaturated/α-hetero) is 1. The van der Waals surface area contributed by atoms with E-state index in [-0.39, 0.29) is 24.4 Å². The van der Waals surface area contributed by atoms with Crippen molar-refractivity contribution in [3.8, 4) is 6.01 Å². The van der Waals surface area contributed by atoms with Gasteiger partial charge in [-0.3, -0.25) is 9.36 Å². The van der Waals surface area contributed by atoms with E-state index in [2.05, 4.69) is 0 Å². The number of hydrogen-bond donors (Lipinski definition) is 2. The number of carbonyl (C=O) groups is 1. The Morgan fingerprint density at radius 2 is 1.97 bits per heavy atom. The maximum atomic E-state index is 13.4. The summed E-state index contributed by atoms with van der Waals surface area (Å²) in [6.07, 6.45) is 5.50. The molecule has 2 N–H and O–H groups in total. The lowest BCUT2D eigenvalue weighted by Gasteiger charge is -2.27. The van der Waals surface area contributed by atoms with E-state index in [4.69, 9.17) is 15.1 Å². The maximum absolute atomic E-state index is 13.4. The van der Waals surface area contributed by atoms with E-state index < -0.39 is 5.92 Å². The van der Waals surface area contributed by atoms with Gasteiger partial charge >= 0.3 is 0 Å². The number of nitrogens with one attached hydrogen (secondary N) is 1. The van der Waals surface area contributed by atoms with E-state index in [0.29, 0.717) is 42.5 Å². The molecule has 1 saturated carbocycles. The fraction of sp³-hybridized carbons (Fsp3) is 0.522. The van der Waals surface area contributed by atoms with Gasteiger partial charge in [-0.2, -0.15) is 4.98 Å². The van der Waals surface area contributed by atoms with Crippen molar-refractivity contribution < 1.29 is 14.6 Å². The summed E-state index contributed by atoms with van der Waals surface area (Å²) >= 11 is 0. The monoisotopic (exact) mass is 395 g/mol. The van der Waals surface area contributed by atoms with Gasteiger partial charge in [-0.1, -0.05) is 37.3 Å². The minimum atomic E-state index is -0.491. The van der Waals surface area contributed by atoms with Gasteiger partial charge in [-0.15, -0.1) is 0 Å². The van der Waals surface area contributed by atoms with E-state index in [1.165, 1.54) is 0 Å². The number of benzene rings is 1. The first-order valence-corrected chi connectivity index (χ1v) is 10.6. The second-order valence-corrected chi connectivity index (χ2v) is 8.18. The normalized spacial score (nSPS) is 22.1. The predicted octanol–water partition coefficient (Wildman–Crippen LogP) is 3.96. The highest BCUT2D eigenvalue weighted by Gasteiger charge is 2.41. The lowest BCUT2D eigenvalue weighted by Crippen LogP contribution is -2.35. The molecule has 2 aliphatic rings. The smallest absolute Gasteiger partial charge is 0.297 e. The highest BCUT2D eigenvalue weighted by Crippen LogP contribution is 2.37. The lowest BCUT2D eigenvalue weighted by molar-refractivity contribution is 0.0926. The zero-order valence-electron chi connectivity index (χ0n) is 16.9. The molecular formula is C23H29N3O3. The molecule has 1 aromatic carbocycles. The molecule has 1 aromatic heterocycles. The standard InChI is InChI=1S/C23H29N3O3/c1-15-19(24)18(12-7-13-27)22(28)21-20(15)25-23(29-17-10-5-6-11-17)26(21)14-16-8-3-2-4-9-16/h2-4,8-9,15,17-18,24,27H,5-7,10-14H2,1H3. The van der Waals surface area contributed by atoms with Crippen molar-refractivity contribution in [1.82, 2.24) is 9.55 Å². The van der Waals surface area contributed by atoms with E-state index >= 15 is 0 Å². The molecule has 6 heteroatoms. The Morgan fingerprint density at radius 3 is 2.66 bits per heavy atom. The Balaban J connectivity index is 1.75. The number of nitrogens with zero attached hydrogens (tertiary/aromatic N) is 2. The highest BCUT2D eigenvalue weighted by molar-refractivity contribution is 6.16. The van der Waals surface area contributed by atoms with Gasteiger partial charge < -0.3 is 15.3 Å². The van der Waals surface area contributed by atoms with Gasteiger partial charge in [0.1, 0.15) is 11.8 Å². The van der Waals surface area contributed by atoms with Crippen LogP contribution in [0.5, 0.6) is 6.01 Å². The molecule has 2 aromatic rings. The van der Waals surface area contributed by atoms with Gasteiger partial charge in [0.2, 0.25) is 0 Å². The summed E-state index contributed by atoms with van der Waals surface area (Å²) < 4.78 is 8.19. The summed E-state index contributed by atoms with van der Waals surface area (Å²) in [6.45, 7) is 2.49. The third kappa shape index (κ3) is 3.86. The van der Waals surface area contributed by atoms with Crippen LogP contribution >= 0.6 is 0 Å². The van der Waals surface area contributed by atoms with Crippen molar-refractivity contribution in [2.75, 3.05) is 6.61 Å². The molecule has 29 heavy (non-hydrogen) atoms. The SMILES string of the molecule is CC1C(=N)C(CCCO)C(=O)c2c1nc(OC1CCCC1)n2Cc1ccccc1. The molecule has 2 aliphatic carbocycles. The molecule has 0 spiro atoms. The van der Waals surface area contributed by atoms with Crippen molar-refractivity contribution in [3.63, 3.8) is 0 Å². The zero-order chi connectivity index (χ0) is 20.4. The average molecular weight is 396 g/mol. The van der Waals surface area contributed by atoms with Crippen LogP contribution in [0.3, 0.4) is 0 Å². The maximum Gasteiger partial charge on any atom is 0.297 e. The van der Waals surface area contributed by atoms with Gasteiger partial charge in [-0.05, 0) is 44.1 Å². The number of imidazole rings is 1. The number of aliphatic hydroxyl groups is 1. The Kier molecular flexibility index (Phi) is 5.81. The summed E-state index contributed by atoms with van der Waals surface area (Å²) in [4.78, 5) is 18.1. The third-order valence-electron chi connectivity index (χ3n) is 6.17. The summed E-state index contributed by atoms with van der Waals surface area (Å²) in [5, 5.41) is 17.7. The van der Waals surface area contributed by atoms with E-state index in [1.807, 2.05) is 41.8 Å². The molecule has 154 valence electrons. The summed E-state index contributed by atoms with van der Waals surface area (Å²) in [6, 6.07) is 10.5. The lowest BCUT2D eigenvalue weighted by atomic mass is 9.78. The van der Waals surface area contributed by atoms with Gasteiger partial charge in [-0.25, -0.2) is 0 Å². The number of carbonyl (C=O) groups excluding carboxylic acids is 1. The van der Waals surface area contributed by atoms with Crippen LogP contribution in [0.15, 0.2) is 30.3 Å². The Labute approximate surface area is 171 Å². The zero-order valence-corrected chi connectivity index (χ0v) is 16.9. The number of rotatable bonds is 7. The van der Waals surface area contributed by atoms with Crippen LogP contribution in [0.25, 0.3) is 0 Å². The molecule has 0 saturated heterocycles. The van der Waals surface area contributed by atoms with Gasteiger partial charge in [0, 0.05) is 18.2 Å². The Hall–Kier alpha value is -2.47. The molecular weight excluding hydrogens is 366 g/mol. The molecule has 0 amide bonds. The van der Waals surface area contributed by atoms with Crippen LogP contribution in [0, 0.1) is 11.3 Å². The van der Waals surface area contributed by atoms with E-state index in [1.54, 1.807) is 0 Å². The number of aromatic nitrogens is 2. The van der Waals surface area contributed by atoms with Crippen molar-refractivity contribution in [3.05, 3.63) is 47.3 Å². The third-order valence-corrected chi connectivity index (χ3v) is 6.17. The van der Waals surface area contributed by atoms with Crippen molar-refractivity contribution in [1.29, 1.82) is 5.41 Å². The molecule has 0 radical (unpaired) electrons. The second kappa shape index (κ2) is 8.49. The fourth-order valence-corrected chi connectivity index (χ4v) is 4.51. The summed E-state index contributed by atoms with van der Waals surface area (Å²) in [5.74, 6) is -0.786. The van der Waals surface area contributed by atoms with Crippen LogP contribution in [0.4, 0.5) is 0 Å². The first-order valence-electron chi connectivity index (χ1n) is 10.6. The topological polar surface area (TPSA) is 88.2 Å². The second-order valence-electron chi connectivity index (χ2n) is 8.18. The molecule has 2 atom stereocenters. The average Bonchev–Trinajstić information content (AvgIpc) is 3.36. The minimum Gasteiger partial charge on any atom is -0.461 e.